The Kier molecular flexibility index (Phi) is 6.28. The molecule has 4 aromatic rings. The minimum absolute atomic E-state index is 0.119. The number of imide groups is 1. The van der Waals surface area contributed by atoms with Crippen molar-refractivity contribution in [2.45, 2.75) is 29.1 Å². The highest BCUT2D eigenvalue weighted by molar-refractivity contribution is 6.36. The summed E-state index contributed by atoms with van der Waals surface area (Å²) in [6.07, 6.45) is 0.119. The summed E-state index contributed by atoms with van der Waals surface area (Å²) in [5, 5.41) is 3.38. The van der Waals surface area contributed by atoms with Gasteiger partial charge in [0.05, 0.1) is 11.8 Å². The zero-order valence-electron chi connectivity index (χ0n) is 22.5. The van der Waals surface area contributed by atoms with Crippen molar-refractivity contribution in [3.63, 3.8) is 0 Å². The van der Waals surface area contributed by atoms with Gasteiger partial charge in [0.25, 0.3) is 0 Å². The molecule has 1 aliphatic heterocycles. The maximum atomic E-state index is 14.6. The fraction of sp³-hybridized carbons (Fsp3) is 0.206. The number of nitrogens with zero attached hydrogens (tertiary/aromatic N) is 1. The van der Waals surface area contributed by atoms with E-state index >= 15 is 0 Å². The van der Waals surface area contributed by atoms with E-state index in [2.05, 4.69) is 5.32 Å². The highest BCUT2D eigenvalue weighted by Gasteiger charge is 2.73. The summed E-state index contributed by atoms with van der Waals surface area (Å²) in [4.78, 5) is 41.6. The SMILES string of the molecule is Cc1ccc(NC(=O)[C@@H](Cc2ccccc2)N2C(=O)[C@@H]3[C@H](C2=O)C2(Cl)c4ccccc4C3(Cl)c3ccccc32)cc1Cl. The largest absolute Gasteiger partial charge is 0.324 e. The number of halogens is 3. The van der Waals surface area contributed by atoms with Gasteiger partial charge < -0.3 is 5.32 Å². The summed E-state index contributed by atoms with van der Waals surface area (Å²) in [7, 11) is 0. The Morgan fingerprint density at radius 1 is 0.786 bits per heavy atom. The smallest absolute Gasteiger partial charge is 0.248 e. The summed E-state index contributed by atoms with van der Waals surface area (Å²) in [6, 6.07) is 28.3. The van der Waals surface area contributed by atoms with Crippen molar-refractivity contribution in [3.05, 3.63) is 135 Å². The monoisotopic (exact) mass is 614 g/mol. The van der Waals surface area contributed by atoms with Crippen molar-refractivity contribution >= 4 is 58.2 Å². The van der Waals surface area contributed by atoms with Crippen LogP contribution in [0.25, 0.3) is 0 Å². The third-order valence-electron chi connectivity index (χ3n) is 8.94. The van der Waals surface area contributed by atoms with Gasteiger partial charge in [0.1, 0.15) is 15.8 Å². The van der Waals surface area contributed by atoms with Gasteiger partial charge in [-0.1, -0.05) is 96.5 Å². The molecule has 0 spiro atoms. The minimum atomic E-state index is -1.33. The predicted octanol–water partition coefficient (Wildman–Crippen LogP) is 6.79. The molecule has 4 aromatic carbocycles. The molecule has 0 aromatic heterocycles. The fourth-order valence-electron chi connectivity index (χ4n) is 7.03. The number of aryl methyl sites for hydroxylation is 1. The van der Waals surface area contributed by atoms with Crippen LogP contribution in [0.1, 0.15) is 33.4 Å². The van der Waals surface area contributed by atoms with Crippen molar-refractivity contribution < 1.29 is 14.4 Å². The number of rotatable bonds is 5. The van der Waals surface area contributed by atoms with Gasteiger partial charge in [-0.2, -0.15) is 0 Å². The molecular formula is C34H25Cl3N2O3. The Morgan fingerprint density at radius 2 is 1.26 bits per heavy atom. The lowest BCUT2D eigenvalue weighted by Gasteiger charge is -2.54. The molecule has 5 nitrogen and oxygen atoms in total. The predicted molar refractivity (Wildman–Crippen MR) is 164 cm³/mol. The molecule has 3 amide bonds. The number of nitrogens with one attached hydrogen (secondary N) is 1. The third kappa shape index (κ3) is 3.67. The molecule has 1 fully saturated rings. The highest BCUT2D eigenvalue weighted by Crippen LogP contribution is 2.69. The zero-order chi connectivity index (χ0) is 29.4. The molecule has 8 heteroatoms. The van der Waals surface area contributed by atoms with E-state index in [4.69, 9.17) is 34.8 Å². The highest BCUT2D eigenvalue weighted by atomic mass is 35.5. The Hall–Kier alpha value is -3.64. The van der Waals surface area contributed by atoms with E-state index < -0.39 is 45.3 Å². The second-order valence-corrected chi connectivity index (χ2v) is 12.8. The lowest BCUT2D eigenvalue weighted by atomic mass is 9.54. The van der Waals surface area contributed by atoms with Crippen molar-refractivity contribution in [2.75, 3.05) is 5.32 Å². The summed E-state index contributed by atoms with van der Waals surface area (Å²) < 4.78 is 0. The molecule has 3 aliphatic carbocycles. The number of carbonyl (C=O) groups is 3. The summed E-state index contributed by atoms with van der Waals surface area (Å²) in [6.45, 7) is 1.86. The Balaban J connectivity index is 1.36. The van der Waals surface area contributed by atoms with Crippen LogP contribution in [0.2, 0.25) is 5.02 Å². The quantitative estimate of drug-likeness (QED) is 0.199. The fourth-order valence-corrected chi connectivity index (χ4v) is 8.31. The molecule has 210 valence electrons. The van der Waals surface area contributed by atoms with Crippen LogP contribution in [-0.2, 0) is 30.6 Å². The Morgan fingerprint density at radius 3 is 1.74 bits per heavy atom. The summed E-state index contributed by atoms with van der Waals surface area (Å²) in [5.41, 5.74) is 4.97. The van der Waals surface area contributed by atoms with Crippen LogP contribution in [0.4, 0.5) is 5.69 Å². The van der Waals surface area contributed by atoms with E-state index in [1.54, 1.807) is 18.2 Å². The molecule has 2 bridgehead atoms. The number of hydrogen-bond donors (Lipinski definition) is 1. The van der Waals surface area contributed by atoms with Gasteiger partial charge in [0.15, 0.2) is 0 Å². The normalized spacial score (nSPS) is 26.0. The molecular weight excluding hydrogens is 591 g/mol. The summed E-state index contributed by atoms with van der Waals surface area (Å²) in [5.74, 6) is -3.50. The van der Waals surface area contributed by atoms with Gasteiger partial charge in [0, 0.05) is 17.1 Å². The molecule has 0 unspecified atom stereocenters. The third-order valence-corrected chi connectivity index (χ3v) is 10.6. The molecule has 0 saturated carbocycles. The molecule has 1 saturated heterocycles. The van der Waals surface area contributed by atoms with Crippen LogP contribution in [-0.4, -0.2) is 28.7 Å². The summed E-state index contributed by atoms with van der Waals surface area (Å²) >= 11 is 21.5. The average molecular weight is 616 g/mol. The van der Waals surface area contributed by atoms with Crippen LogP contribution in [0.15, 0.2) is 97.1 Å². The maximum absolute atomic E-state index is 14.6. The molecule has 42 heavy (non-hydrogen) atoms. The van der Waals surface area contributed by atoms with Crippen molar-refractivity contribution in [3.8, 4) is 0 Å². The Bertz CT molecular complexity index is 1670. The van der Waals surface area contributed by atoms with E-state index in [-0.39, 0.29) is 6.42 Å². The minimum Gasteiger partial charge on any atom is -0.324 e. The van der Waals surface area contributed by atoms with Gasteiger partial charge in [-0.25, -0.2) is 0 Å². The number of carbonyl (C=O) groups excluding carboxylic acids is 3. The molecule has 0 radical (unpaired) electrons. The van der Waals surface area contributed by atoms with E-state index in [1.807, 2.05) is 85.8 Å². The second kappa shape index (κ2) is 9.70. The first-order chi connectivity index (χ1) is 20.2. The lowest BCUT2D eigenvalue weighted by molar-refractivity contribution is -0.146. The molecule has 8 rings (SSSR count). The number of benzene rings is 4. The van der Waals surface area contributed by atoms with Gasteiger partial charge in [-0.15, -0.1) is 23.2 Å². The molecule has 1 N–H and O–H groups in total. The molecule has 4 aliphatic rings. The van der Waals surface area contributed by atoms with Crippen LogP contribution < -0.4 is 5.32 Å². The number of alkyl halides is 2. The van der Waals surface area contributed by atoms with Gasteiger partial charge in [-0.3, -0.25) is 19.3 Å². The maximum Gasteiger partial charge on any atom is 0.248 e. The topological polar surface area (TPSA) is 66.5 Å². The van der Waals surface area contributed by atoms with Crippen molar-refractivity contribution in [1.82, 2.24) is 4.90 Å². The number of likely N-dealkylation sites (tertiary alicyclic amines) is 1. The van der Waals surface area contributed by atoms with Crippen LogP contribution >= 0.6 is 34.8 Å². The Labute approximate surface area is 258 Å². The average Bonchev–Trinajstić information content (AvgIpc) is 3.27. The van der Waals surface area contributed by atoms with E-state index in [1.165, 1.54) is 0 Å². The standard InChI is InChI=1S/C34H25Cl3N2O3/c1-19-15-16-21(18-26(19)35)38-30(40)27(17-20-9-3-2-4-10-20)39-31(41)28-29(32(39)42)34(37)23-12-6-5-11-22(23)33(28,36)24-13-7-8-14-25(24)34/h2-16,18,27-29H,17H2,1H3,(H,38,40)/t27-,28-,29+,33?,34?/m1/s1. The van der Waals surface area contributed by atoms with Crippen LogP contribution in [0.3, 0.4) is 0 Å². The van der Waals surface area contributed by atoms with E-state index in [0.717, 1.165) is 16.0 Å². The van der Waals surface area contributed by atoms with Crippen molar-refractivity contribution in [2.24, 2.45) is 11.8 Å². The number of anilines is 1. The van der Waals surface area contributed by atoms with Gasteiger partial charge >= 0.3 is 0 Å². The number of hydrogen-bond acceptors (Lipinski definition) is 3. The molecule has 1 heterocycles. The van der Waals surface area contributed by atoms with Crippen LogP contribution in [0, 0.1) is 18.8 Å². The van der Waals surface area contributed by atoms with Gasteiger partial charge in [-0.05, 0) is 52.4 Å². The number of amides is 3. The first-order valence-corrected chi connectivity index (χ1v) is 14.9. The lowest BCUT2D eigenvalue weighted by Crippen LogP contribution is -2.57. The van der Waals surface area contributed by atoms with E-state index in [0.29, 0.717) is 33.0 Å². The zero-order valence-corrected chi connectivity index (χ0v) is 24.8. The van der Waals surface area contributed by atoms with E-state index in [9.17, 15) is 14.4 Å². The second-order valence-electron chi connectivity index (χ2n) is 11.2. The first-order valence-electron chi connectivity index (χ1n) is 13.7. The van der Waals surface area contributed by atoms with Gasteiger partial charge in [0.2, 0.25) is 17.7 Å². The van der Waals surface area contributed by atoms with Crippen LogP contribution in [0.5, 0.6) is 0 Å². The molecule has 3 atom stereocenters. The van der Waals surface area contributed by atoms with Crippen molar-refractivity contribution in [1.29, 1.82) is 0 Å². The first kappa shape index (κ1) is 27.2.